The summed E-state index contributed by atoms with van der Waals surface area (Å²) in [6, 6.07) is 20.0. The lowest BCUT2D eigenvalue weighted by molar-refractivity contribution is -0.114. The molecule has 8 nitrogen and oxygen atoms in total. The van der Waals surface area contributed by atoms with Crippen molar-refractivity contribution in [1.82, 2.24) is 0 Å². The van der Waals surface area contributed by atoms with Crippen molar-refractivity contribution >= 4 is 27.3 Å². The Bertz CT molecular complexity index is 1300. The number of hydrogen-bond donors (Lipinski definition) is 1. The number of amides is 1. The number of carbonyl (C=O) groups excluding carboxylic acids is 1. The molecule has 1 amide bonds. The summed E-state index contributed by atoms with van der Waals surface area (Å²) in [5.74, 6) is 0.132. The van der Waals surface area contributed by atoms with E-state index in [1.807, 2.05) is 6.92 Å². The van der Waals surface area contributed by atoms with Gasteiger partial charge >= 0.3 is 0 Å². The van der Waals surface area contributed by atoms with E-state index in [2.05, 4.69) is 11.4 Å². The predicted molar refractivity (Wildman–Crippen MR) is 130 cm³/mol. The molecule has 9 heteroatoms. The number of rotatable bonds is 9. The lowest BCUT2D eigenvalue weighted by Crippen LogP contribution is -2.38. The predicted octanol–water partition coefficient (Wildman–Crippen LogP) is 3.91. The highest BCUT2D eigenvalue weighted by Gasteiger charge is 2.28. The molecule has 0 spiro atoms. The van der Waals surface area contributed by atoms with E-state index in [1.54, 1.807) is 48.5 Å². The van der Waals surface area contributed by atoms with Crippen molar-refractivity contribution in [3.8, 4) is 17.6 Å². The number of nitrogens with zero attached hydrogens (tertiary/aromatic N) is 2. The van der Waals surface area contributed by atoms with Gasteiger partial charge in [-0.2, -0.15) is 5.26 Å². The highest BCUT2D eigenvalue weighted by molar-refractivity contribution is 7.92. The molecule has 176 valence electrons. The third-order valence-corrected chi connectivity index (χ3v) is 6.84. The number of methoxy groups -OCH3 is 2. The molecular weight excluding hydrogens is 454 g/mol. The zero-order chi connectivity index (χ0) is 24.7. The average molecular weight is 480 g/mol. The Morgan fingerprint density at radius 1 is 0.971 bits per heavy atom. The van der Waals surface area contributed by atoms with E-state index in [-0.39, 0.29) is 17.1 Å². The van der Waals surface area contributed by atoms with E-state index >= 15 is 0 Å². The largest absolute Gasteiger partial charge is 0.493 e. The molecule has 34 heavy (non-hydrogen) atoms. The Kier molecular flexibility index (Phi) is 7.76. The van der Waals surface area contributed by atoms with Crippen LogP contribution in [-0.4, -0.2) is 35.1 Å². The molecule has 3 aromatic rings. The van der Waals surface area contributed by atoms with E-state index in [4.69, 9.17) is 14.7 Å². The maximum atomic E-state index is 13.6. The summed E-state index contributed by atoms with van der Waals surface area (Å²) in [5.41, 5.74) is 2.62. The van der Waals surface area contributed by atoms with Gasteiger partial charge < -0.3 is 14.8 Å². The van der Waals surface area contributed by atoms with Gasteiger partial charge in [-0.1, -0.05) is 29.8 Å². The summed E-state index contributed by atoms with van der Waals surface area (Å²) >= 11 is 0. The molecule has 0 aliphatic carbocycles. The van der Waals surface area contributed by atoms with Crippen molar-refractivity contribution in [3.05, 3.63) is 77.9 Å². The van der Waals surface area contributed by atoms with Crippen molar-refractivity contribution in [2.24, 2.45) is 0 Å². The highest BCUT2D eigenvalue weighted by atomic mass is 32.2. The van der Waals surface area contributed by atoms with Gasteiger partial charge in [-0.3, -0.25) is 9.10 Å². The number of nitriles is 1. The SMILES string of the molecule is COc1ccc(S(=O)(=O)N(CC(=O)Nc2ccc(CC#N)cc2)c2ccc(C)cc2)cc1OC. The summed E-state index contributed by atoms with van der Waals surface area (Å²) in [5, 5.41) is 11.5. The summed E-state index contributed by atoms with van der Waals surface area (Å²) < 4.78 is 38.7. The standard InChI is InChI=1S/C25H25N3O5S/c1-18-4-10-21(11-5-18)28(17-25(29)27-20-8-6-19(7-9-20)14-15-26)34(30,31)22-12-13-23(32-2)24(16-22)33-3/h4-13,16H,14,17H2,1-3H3,(H,27,29). The number of hydrogen-bond acceptors (Lipinski definition) is 6. The fourth-order valence-corrected chi connectivity index (χ4v) is 4.70. The second kappa shape index (κ2) is 10.7. The van der Waals surface area contributed by atoms with Gasteiger partial charge in [-0.15, -0.1) is 0 Å². The number of nitrogens with one attached hydrogen (secondary N) is 1. The topological polar surface area (TPSA) is 109 Å². The minimum atomic E-state index is -4.13. The van der Waals surface area contributed by atoms with Gasteiger partial charge in [0.15, 0.2) is 11.5 Å². The maximum absolute atomic E-state index is 13.6. The summed E-state index contributed by atoms with van der Waals surface area (Å²) in [4.78, 5) is 12.8. The Labute approximate surface area is 199 Å². The van der Waals surface area contributed by atoms with Crippen LogP contribution in [-0.2, 0) is 21.2 Å². The molecule has 0 aliphatic rings. The number of ether oxygens (including phenoxy) is 2. The van der Waals surface area contributed by atoms with Gasteiger partial charge in [0.2, 0.25) is 5.91 Å². The summed E-state index contributed by atoms with van der Waals surface area (Å²) in [7, 11) is -1.25. The first-order chi connectivity index (χ1) is 16.3. The smallest absolute Gasteiger partial charge is 0.264 e. The van der Waals surface area contributed by atoms with Gasteiger partial charge in [0, 0.05) is 11.8 Å². The van der Waals surface area contributed by atoms with Crippen LogP contribution < -0.4 is 19.1 Å². The Morgan fingerprint density at radius 2 is 1.62 bits per heavy atom. The molecule has 0 radical (unpaired) electrons. The molecule has 3 rings (SSSR count). The molecule has 0 atom stereocenters. The van der Waals surface area contributed by atoms with E-state index in [0.29, 0.717) is 17.1 Å². The zero-order valence-corrected chi connectivity index (χ0v) is 19.9. The average Bonchev–Trinajstić information content (AvgIpc) is 2.84. The van der Waals surface area contributed by atoms with Crippen molar-refractivity contribution in [2.75, 3.05) is 30.4 Å². The van der Waals surface area contributed by atoms with E-state index in [0.717, 1.165) is 15.4 Å². The Hall–Kier alpha value is -4.03. The van der Waals surface area contributed by atoms with Crippen LogP contribution in [0.25, 0.3) is 0 Å². The molecule has 1 N–H and O–H groups in total. The molecule has 0 fully saturated rings. The molecule has 0 aromatic heterocycles. The minimum absolute atomic E-state index is 0.0422. The van der Waals surface area contributed by atoms with Crippen molar-refractivity contribution < 1.29 is 22.7 Å². The van der Waals surface area contributed by atoms with Crippen LogP contribution in [0.2, 0.25) is 0 Å². The fourth-order valence-electron chi connectivity index (χ4n) is 3.26. The van der Waals surface area contributed by atoms with Gasteiger partial charge in [0.25, 0.3) is 10.0 Å². The Balaban J connectivity index is 1.93. The van der Waals surface area contributed by atoms with E-state index in [1.165, 1.54) is 32.4 Å². The van der Waals surface area contributed by atoms with Crippen LogP contribution >= 0.6 is 0 Å². The molecule has 0 bridgehead atoms. The number of benzene rings is 3. The maximum Gasteiger partial charge on any atom is 0.264 e. The van der Waals surface area contributed by atoms with Crippen LogP contribution in [0.5, 0.6) is 11.5 Å². The van der Waals surface area contributed by atoms with Crippen LogP contribution in [0.15, 0.2) is 71.6 Å². The second-order valence-electron chi connectivity index (χ2n) is 7.44. The quantitative estimate of drug-likeness (QED) is 0.498. The van der Waals surface area contributed by atoms with Crippen molar-refractivity contribution in [3.63, 3.8) is 0 Å². The highest BCUT2D eigenvalue weighted by Crippen LogP contribution is 2.32. The first-order valence-corrected chi connectivity index (χ1v) is 11.8. The second-order valence-corrected chi connectivity index (χ2v) is 9.31. The number of anilines is 2. The molecule has 3 aromatic carbocycles. The zero-order valence-electron chi connectivity index (χ0n) is 19.1. The third-order valence-electron chi connectivity index (χ3n) is 5.07. The van der Waals surface area contributed by atoms with Crippen molar-refractivity contribution in [1.29, 1.82) is 5.26 Å². The van der Waals surface area contributed by atoms with Gasteiger partial charge in [0.05, 0.1) is 37.3 Å². The number of carbonyl (C=O) groups is 1. The van der Waals surface area contributed by atoms with Gasteiger partial charge in [-0.05, 0) is 48.9 Å². The van der Waals surface area contributed by atoms with Gasteiger partial charge in [-0.25, -0.2) is 8.42 Å². The first-order valence-electron chi connectivity index (χ1n) is 10.4. The number of aryl methyl sites for hydroxylation is 1. The first kappa shape index (κ1) is 24.6. The summed E-state index contributed by atoms with van der Waals surface area (Å²) in [6.07, 6.45) is 0.263. The van der Waals surface area contributed by atoms with Crippen LogP contribution in [0.4, 0.5) is 11.4 Å². The number of sulfonamides is 1. The molecule has 0 saturated heterocycles. The van der Waals surface area contributed by atoms with E-state index < -0.39 is 22.5 Å². The van der Waals surface area contributed by atoms with E-state index in [9.17, 15) is 13.2 Å². The summed E-state index contributed by atoms with van der Waals surface area (Å²) in [6.45, 7) is 1.44. The van der Waals surface area contributed by atoms with Crippen LogP contribution in [0.3, 0.4) is 0 Å². The van der Waals surface area contributed by atoms with Gasteiger partial charge in [0.1, 0.15) is 6.54 Å². The normalized spacial score (nSPS) is 10.8. The third kappa shape index (κ3) is 5.66. The Morgan fingerprint density at radius 3 is 2.21 bits per heavy atom. The molecule has 0 saturated carbocycles. The van der Waals surface area contributed by atoms with Crippen LogP contribution in [0.1, 0.15) is 11.1 Å². The molecule has 0 heterocycles. The minimum Gasteiger partial charge on any atom is -0.493 e. The fraction of sp³-hybridized carbons (Fsp3) is 0.200. The molecule has 0 aliphatic heterocycles. The molecule has 0 unspecified atom stereocenters. The van der Waals surface area contributed by atoms with Crippen LogP contribution in [0, 0.1) is 18.3 Å². The lowest BCUT2D eigenvalue weighted by Gasteiger charge is -2.24. The van der Waals surface area contributed by atoms with Crippen molar-refractivity contribution in [2.45, 2.75) is 18.2 Å². The lowest BCUT2D eigenvalue weighted by atomic mass is 10.1. The monoisotopic (exact) mass is 479 g/mol. The molecular formula is C25H25N3O5S.